The average molecular weight is 212 g/mol. The number of hydrogen-bond acceptors (Lipinski definition) is 2. The molecule has 0 saturated heterocycles. The summed E-state index contributed by atoms with van der Waals surface area (Å²) in [6.45, 7) is 2.23. The van der Waals surface area contributed by atoms with E-state index < -0.39 is 0 Å². The quantitative estimate of drug-likeness (QED) is 0.777. The average Bonchev–Trinajstić information content (AvgIpc) is 2.38. The summed E-state index contributed by atoms with van der Waals surface area (Å²) in [7, 11) is 0. The van der Waals surface area contributed by atoms with Crippen LogP contribution in [0, 0.1) is 0 Å². The minimum atomic E-state index is 0.574. The lowest BCUT2D eigenvalue weighted by Gasteiger charge is -2.14. The topological polar surface area (TPSA) is 25.8 Å². The van der Waals surface area contributed by atoms with Crippen molar-refractivity contribution in [2.75, 3.05) is 0 Å². The third-order valence-electron chi connectivity index (χ3n) is 2.90. The molecular formula is C14H16N2. The first-order valence-electron chi connectivity index (χ1n) is 5.69. The number of aromatic nitrogens is 2. The van der Waals surface area contributed by atoms with Crippen molar-refractivity contribution < 1.29 is 0 Å². The molecule has 2 nitrogen and oxygen atoms in total. The van der Waals surface area contributed by atoms with E-state index in [-0.39, 0.29) is 0 Å². The molecular weight excluding hydrogens is 196 g/mol. The largest absolute Gasteiger partial charge is 0.265 e. The van der Waals surface area contributed by atoms with Gasteiger partial charge in [-0.2, -0.15) is 0 Å². The van der Waals surface area contributed by atoms with Gasteiger partial charge in [-0.25, -0.2) is 0 Å². The Hall–Kier alpha value is -1.70. The Labute approximate surface area is 96.4 Å². The molecule has 2 rings (SSSR count). The van der Waals surface area contributed by atoms with Crippen molar-refractivity contribution in [3.8, 4) is 0 Å². The highest BCUT2D eigenvalue weighted by molar-refractivity contribution is 5.20. The maximum absolute atomic E-state index is 4.06. The van der Waals surface area contributed by atoms with Gasteiger partial charge in [-0.1, -0.05) is 6.92 Å². The van der Waals surface area contributed by atoms with E-state index in [1.54, 1.807) is 0 Å². The molecule has 0 aliphatic carbocycles. The Balaban J connectivity index is 2.13. The summed E-state index contributed by atoms with van der Waals surface area (Å²) in [4.78, 5) is 8.10. The molecule has 2 heteroatoms. The fraction of sp³-hybridized carbons (Fsp3) is 0.286. The molecule has 0 bridgehead atoms. The van der Waals surface area contributed by atoms with Gasteiger partial charge in [-0.05, 0) is 54.2 Å². The molecule has 0 aliphatic heterocycles. The van der Waals surface area contributed by atoms with Crippen LogP contribution < -0.4 is 0 Å². The molecule has 1 atom stereocenters. The third-order valence-corrected chi connectivity index (χ3v) is 2.90. The molecule has 0 aliphatic rings. The van der Waals surface area contributed by atoms with Crippen LogP contribution in [0.1, 0.15) is 30.4 Å². The summed E-state index contributed by atoms with van der Waals surface area (Å²) in [6.07, 6.45) is 9.66. The van der Waals surface area contributed by atoms with Gasteiger partial charge in [-0.15, -0.1) is 0 Å². The van der Waals surface area contributed by atoms with Crippen molar-refractivity contribution in [2.24, 2.45) is 0 Å². The van der Waals surface area contributed by atoms with E-state index >= 15 is 0 Å². The molecule has 2 aromatic rings. The summed E-state index contributed by atoms with van der Waals surface area (Å²) in [5.41, 5.74) is 2.72. The predicted octanol–water partition coefficient (Wildman–Crippen LogP) is 3.21. The standard InChI is InChI=1S/C14H16N2/c1-2-13(14-5-9-16-10-6-14)11-12-3-7-15-8-4-12/h3-10,13H,2,11H2,1H3. The minimum Gasteiger partial charge on any atom is -0.265 e. The van der Waals surface area contributed by atoms with Crippen LogP contribution >= 0.6 is 0 Å². The van der Waals surface area contributed by atoms with Crippen LogP contribution in [0.25, 0.3) is 0 Å². The van der Waals surface area contributed by atoms with Crippen LogP contribution in [0.3, 0.4) is 0 Å². The van der Waals surface area contributed by atoms with Gasteiger partial charge in [0.25, 0.3) is 0 Å². The molecule has 2 aromatic heterocycles. The van der Waals surface area contributed by atoms with E-state index in [0.717, 1.165) is 12.8 Å². The second-order valence-electron chi connectivity index (χ2n) is 3.95. The zero-order valence-corrected chi connectivity index (χ0v) is 9.50. The highest BCUT2D eigenvalue weighted by Gasteiger charge is 2.09. The fourth-order valence-corrected chi connectivity index (χ4v) is 1.94. The monoisotopic (exact) mass is 212 g/mol. The van der Waals surface area contributed by atoms with E-state index in [0.29, 0.717) is 5.92 Å². The smallest absolute Gasteiger partial charge is 0.0270 e. The lowest BCUT2D eigenvalue weighted by Crippen LogP contribution is -2.01. The van der Waals surface area contributed by atoms with E-state index in [9.17, 15) is 0 Å². The van der Waals surface area contributed by atoms with E-state index in [2.05, 4.69) is 41.2 Å². The van der Waals surface area contributed by atoms with Crippen molar-refractivity contribution in [3.63, 3.8) is 0 Å². The molecule has 0 radical (unpaired) electrons. The lowest BCUT2D eigenvalue weighted by atomic mass is 9.91. The van der Waals surface area contributed by atoms with Crippen LogP contribution in [0.2, 0.25) is 0 Å². The SMILES string of the molecule is CCC(Cc1ccncc1)c1ccncc1. The van der Waals surface area contributed by atoms with E-state index in [4.69, 9.17) is 0 Å². The van der Waals surface area contributed by atoms with Gasteiger partial charge < -0.3 is 0 Å². The molecule has 0 amide bonds. The van der Waals surface area contributed by atoms with Gasteiger partial charge in [0.15, 0.2) is 0 Å². The first-order valence-corrected chi connectivity index (χ1v) is 5.69. The number of hydrogen-bond donors (Lipinski definition) is 0. The van der Waals surface area contributed by atoms with Crippen LogP contribution in [0.4, 0.5) is 0 Å². The summed E-state index contributed by atoms with van der Waals surface area (Å²) >= 11 is 0. The Morgan fingerprint density at radius 3 is 2.06 bits per heavy atom. The molecule has 0 N–H and O–H groups in total. The molecule has 0 spiro atoms. The zero-order chi connectivity index (χ0) is 11.2. The molecule has 2 heterocycles. The van der Waals surface area contributed by atoms with Gasteiger partial charge >= 0.3 is 0 Å². The second kappa shape index (κ2) is 5.40. The normalized spacial score (nSPS) is 12.3. The summed E-state index contributed by atoms with van der Waals surface area (Å²) in [6, 6.07) is 8.39. The molecule has 82 valence electrons. The van der Waals surface area contributed by atoms with Gasteiger partial charge in [0, 0.05) is 24.8 Å². The number of nitrogens with zero attached hydrogens (tertiary/aromatic N) is 2. The first kappa shape index (κ1) is 10.8. The van der Waals surface area contributed by atoms with Crippen LogP contribution in [-0.4, -0.2) is 9.97 Å². The van der Waals surface area contributed by atoms with Gasteiger partial charge in [0.05, 0.1) is 0 Å². The van der Waals surface area contributed by atoms with Crippen molar-refractivity contribution >= 4 is 0 Å². The second-order valence-corrected chi connectivity index (χ2v) is 3.95. The number of rotatable bonds is 4. The summed E-state index contributed by atoms with van der Waals surface area (Å²) in [5.74, 6) is 0.574. The molecule has 0 aromatic carbocycles. The van der Waals surface area contributed by atoms with Crippen molar-refractivity contribution in [1.82, 2.24) is 9.97 Å². The minimum absolute atomic E-state index is 0.574. The third kappa shape index (κ3) is 2.66. The molecule has 16 heavy (non-hydrogen) atoms. The highest BCUT2D eigenvalue weighted by Crippen LogP contribution is 2.23. The van der Waals surface area contributed by atoms with Crippen molar-refractivity contribution in [2.45, 2.75) is 25.7 Å². The maximum Gasteiger partial charge on any atom is 0.0270 e. The fourth-order valence-electron chi connectivity index (χ4n) is 1.94. The Kier molecular flexibility index (Phi) is 3.65. The molecule has 0 saturated carbocycles. The van der Waals surface area contributed by atoms with Crippen LogP contribution in [-0.2, 0) is 6.42 Å². The number of pyridine rings is 2. The summed E-state index contributed by atoms with van der Waals surface area (Å²) < 4.78 is 0. The Morgan fingerprint density at radius 1 is 0.938 bits per heavy atom. The maximum atomic E-state index is 4.06. The van der Waals surface area contributed by atoms with E-state index in [1.165, 1.54) is 11.1 Å². The first-order chi connectivity index (χ1) is 7.90. The molecule has 0 fully saturated rings. The zero-order valence-electron chi connectivity index (χ0n) is 9.50. The Morgan fingerprint density at radius 2 is 1.50 bits per heavy atom. The van der Waals surface area contributed by atoms with E-state index in [1.807, 2.05) is 24.8 Å². The van der Waals surface area contributed by atoms with Crippen LogP contribution in [0.5, 0.6) is 0 Å². The summed E-state index contributed by atoms with van der Waals surface area (Å²) in [5, 5.41) is 0. The lowest BCUT2D eigenvalue weighted by molar-refractivity contribution is 0.659. The van der Waals surface area contributed by atoms with Crippen molar-refractivity contribution in [1.29, 1.82) is 0 Å². The highest BCUT2D eigenvalue weighted by atomic mass is 14.6. The van der Waals surface area contributed by atoms with Gasteiger partial charge in [0.1, 0.15) is 0 Å². The Bertz CT molecular complexity index is 411. The van der Waals surface area contributed by atoms with Gasteiger partial charge in [-0.3, -0.25) is 9.97 Å². The predicted molar refractivity (Wildman–Crippen MR) is 65.2 cm³/mol. The van der Waals surface area contributed by atoms with Gasteiger partial charge in [0.2, 0.25) is 0 Å². The molecule has 1 unspecified atom stereocenters. The van der Waals surface area contributed by atoms with Crippen LogP contribution in [0.15, 0.2) is 49.1 Å². The van der Waals surface area contributed by atoms with Crippen molar-refractivity contribution in [3.05, 3.63) is 60.2 Å².